The number of aliphatic imine (C=N–C) groups is 1. The number of hydrogen-bond donors (Lipinski definition) is 0. The molecule has 0 spiro atoms. The molecule has 0 aromatic carbocycles. The van der Waals surface area contributed by atoms with Gasteiger partial charge in [-0.2, -0.15) is 0 Å². The summed E-state index contributed by atoms with van der Waals surface area (Å²) >= 11 is 5.65. The van der Waals surface area contributed by atoms with Crippen LogP contribution in [-0.4, -0.2) is 17.5 Å². The van der Waals surface area contributed by atoms with Gasteiger partial charge in [-0.1, -0.05) is 18.5 Å². The normalized spacial score (nSPS) is 11.5. The van der Waals surface area contributed by atoms with E-state index in [0.717, 1.165) is 18.0 Å². The third-order valence-electron chi connectivity index (χ3n) is 1.58. The van der Waals surface area contributed by atoms with E-state index in [9.17, 15) is 0 Å². The van der Waals surface area contributed by atoms with Gasteiger partial charge in [0.05, 0.1) is 18.5 Å². The molecule has 1 aromatic rings. The second kappa shape index (κ2) is 5.60. The molecule has 4 heteroatoms. The van der Waals surface area contributed by atoms with Gasteiger partial charge in [0.1, 0.15) is 5.15 Å². The Morgan fingerprint density at radius 3 is 2.79 bits per heavy atom. The van der Waals surface area contributed by atoms with E-state index in [1.807, 2.05) is 19.9 Å². The quantitative estimate of drug-likeness (QED) is 0.438. The van der Waals surface area contributed by atoms with Gasteiger partial charge in [0, 0.05) is 6.42 Å². The van der Waals surface area contributed by atoms with Gasteiger partial charge in [-0.15, -0.1) is 0 Å². The number of pyridine rings is 1. The average molecular weight is 213 g/mol. The van der Waals surface area contributed by atoms with E-state index < -0.39 is 0 Å². The molecule has 0 bridgehead atoms. The van der Waals surface area contributed by atoms with Crippen LogP contribution in [0.2, 0.25) is 5.15 Å². The summed E-state index contributed by atoms with van der Waals surface area (Å²) in [7, 11) is 0. The Hall–Kier alpha value is -1.09. The highest BCUT2D eigenvalue weighted by molar-refractivity contribution is 6.29. The molecule has 14 heavy (non-hydrogen) atoms. The molecule has 0 saturated heterocycles. The molecule has 0 N–H and O–H groups in total. The lowest BCUT2D eigenvalue weighted by Gasteiger charge is -2.03. The predicted molar refractivity (Wildman–Crippen MR) is 58.3 cm³/mol. The van der Waals surface area contributed by atoms with Crippen molar-refractivity contribution in [2.45, 2.75) is 20.3 Å². The molecule has 3 nitrogen and oxygen atoms in total. The maximum absolute atomic E-state index is 5.65. The van der Waals surface area contributed by atoms with Gasteiger partial charge in [0.25, 0.3) is 0 Å². The van der Waals surface area contributed by atoms with Crippen LogP contribution in [0.3, 0.4) is 0 Å². The summed E-state index contributed by atoms with van der Waals surface area (Å²) in [6.07, 6.45) is 2.40. The third kappa shape index (κ3) is 3.34. The molecule has 0 atom stereocenters. The van der Waals surface area contributed by atoms with Crippen LogP contribution in [-0.2, 0) is 4.74 Å². The van der Waals surface area contributed by atoms with E-state index in [4.69, 9.17) is 16.3 Å². The number of aromatic nitrogens is 1. The minimum Gasteiger partial charge on any atom is -0.481 e. The molecule has 0 unspecified atom stereocenters. The van der Waals surface area contributed by atoms with Crippen molar-refractivity contribution in [3.05, 3.63) is 23.5 Å². The summed E-state index contributed by atoms with van der Waals surface area (Å²) in [5.74, 6) is 0.719. The lowest BCUT2D eigenvalue weighted by Crippen LogP contribution is -2.01. The van der Waals surface area contributed by atoms with Gasteiger partial charge < -0.3 is 4.74 Å². The first-order chi connectivity index (χ1) is 6.76. The molecular weight excluding hydrogens is 200 g/mol. The number of hydrogen-bond acceptors (Lipinski definition) is 3. The fraction of sp³-hybridized carbons (Fsp3) is 0.400. The van der Waals surface area contributed by atoms with Crippen molar-refractivity contribution in [1.29, 1.82) is 0 Å². The lowest BCUT2D eigenvalue weighted by molar-refractivity contribution is 0.319. The first kappa shape index (κ1) is 11.0. The minimum atomic E-state index is 0.471. The van der Waals surface area contributed by atoms with Crippen LogP contribution >= 0.6 is 11.6 Å². The number of ether oxygens (including phenoxy) is 1. The van der Waals surface area contributed by atoms with Gasteiger partial charge in [-0.3, -0.25) is 0 Å². The van der Waals surface area contributed by atoms with E-state index in [1.165, 1.54) is 0 Å². The van der Waals surface area contributed by atoms with Gasteiger partial charge >= 0.3 is 0 Å². The lowest BCUT2D eigenvalue weighted by atomic mass is 10.4. The highest BCUT2D eigenvalue weighted by Gasteiger charge is 1.97. The molecule has 0 radical (unpaired) electrons. The van der Waals surface area contributed by atoms with Crippen LogP contribution < -0.4 is 0 Å². The van der Waals surface area contributed by atoms with Crippen molar-refractivity contribution < 1.29 is 4.74 Å². The van der Waals surface area contributed by atoms with Crippen molar-refractivity contribution in [1.82, 2.24) is 4.98 Å². The van der Waals surface area contributed by atoms with Gasteiger partial charge in [-0.25, -0.2) is 9.98 Å². The van der Waals surface area contributed by atoms with Gasteiger partial charge in [0.2, 0.25) is 0 Å². The third-order valence-corrected chi connectivity index (χ3v) is 1.80. The molecule has 1 aromatic heterocycles. The zero-order valence-corrected chi connectivity index (χ0v) is 9.08. The largest absolute Gasteiger partial charge is 0.481 e. The van der Waals surface area contributed by atoms with Crippen LogP contribution in [0.15, 0.2) is 23.3 Å². The highest BCUT2D eigenvalue weighted by atomic mass is 35.5. The maximum atomic E-state index is 5.65. The van der Waals surface area contributed by atoms with Gasteiger partial charge in [-0.05, 0) is 19.1 Å². The van der Waals surface area contributed by atoms with Crippen LogP contribution in [0, 0.1) is 0 Å². The van der Waals surface area contributed by atoms with E-state index in [0.29, 0.717) is 11.8 Å². The molecule has 0 aliphatic rings. The van der Waals surface area contributed by atoms with E-state index in [-0.39, 0.29) is 0 Å². The Kier molecular flexibility index (Phi) is 4.40. The molecule has 1 rings (SSSR count). The first-order valence-corrected chi connectivity index (χ1v) is 4.96. The van der Waals surface area contributed by atoms with Crippen molar-refractivity contribution in [3.8, 4) is 0 Å². The van der Waals surface area contributed by atoms with Crippen LogP contribution in [0.25, 0.3) is 0 Å². The van der Waals surface area contributed by atoms with E-state index in [2.05, 4.69) is 9.98 Å². The number of halogens is 1. The highest BCUT2D eigenvalue weighted by Crippen LogP contribution is 2.13. The second-order valence-corrected chi connectivity index (χ2v) is 3.02. The molecule has 1 heterocycles. The van der Waals surface area contributed by atoms with Crippen LogP contribution in [0.1, 0.15) is 20.3 Å². The van der Waals surface area contributed by atoms with E-state index >= 15 is 0 Å². The smallest absolute Gasteiger partial charge is 0.188 e. The zero-order valence-electron chi connectivity index (χ0n) is 8.33. The van der Waals surface area contributed by atoms with E-state index in [1.54, 1.807) is 12.3 Å². The summed E-state index contributed by atoms with van der Waals surface area (Å²) < 4.78 is 5.31. The SMILES string of the molecule is CCO/C(CC)=N\c1ccc(Cl)nc1. The van der Waals surface area contributed by atoms with Crippen molar-refractivity contribution >= 4 is 23.2 Å². The Labute approximate surface area is 88.8 Å². The summed E-state index contributed by atoms with van der Waals surface area (Å²) in [4.78, 5) is 8.21. The molecule has 0 aliphatic carbocycles. The monoisotopic (exact) mass is 212 g/mol. The van der Waals surface area contributed by atoms with Gasteiger partial charge in [0.15, 0.2) is 5.90 Å². The fourth-order valence-electron chi connectivity index (χ4n) is 0.958. The second-order valence-electron chi connectivity index (χ2n) is 2.63. The molecule has 76 valence electrons. The zero-order chi connectivity index (χ0) is 10.4. The molecule has 0 amide bonds. The topological polar surface area (TPSA) is 34.5 Å². The van der Waals surface area contributed by atoms with Crippen molar-refractivity contribution in [3.63, 3.8) is 0 Å². The molecule has 0 fully saturated rings. The summed E-state index contributed by atoms with van der Waals surface area (Å²) in [6.45, 7) is 4.57. The number of rotatable bonds is 3. The van der Waals surface area contributed by atoms with Crippen LogP contribution in [0.4, 0.5) is 5.69 Å². The molecular formula is C10H13ClN2O. The summed E-state index contributed by atoms with van der Waals surface area (Å²) in [6, 6.07) is 3.52. The van der Waals surface area contributed by atoms with Crippen molar-refractivity contribution in [2.24, 2.45) is 4.99 Å². The average Bonchev–Trinajstić information content (AvgIpc) is 2.20. The summed E-state index contributed by atoms with van der Waals surface area (Å²) in [5.41, 5.74) is 0.764. The Bertz CT molecular complexity index is 308. The summed E-state index contributed by atoms with van der Waals surface area (Å²) in [5, 5.41) is 0.471. The predicted octanol–water partition coefficient (Wildman–Crippen LogP) is 3.21. The van der Waals surface area contributed by atoms with Crippen LogP contribution in [0.5, 0.6) is 0 Å². The standard InChI is InChI=1S/C10H13ClN2O/c1-3-10(14-4-2)13-8-5-6-9(11)12-7-8/h5-7H,3-4H2,1-2H3/b13-10-. The fourth-order valence-corrected chi connectivity index (χ4v) is 1.07. The van der Waals surface area contributed by atoms with Crippen molar-refractivity contribution in [2.75, 3.05) is 6.61 Å². The first-order valence-electron chi connectivity index (χ1n) is 4.58. The Balaban J connectivity index is 2.78. The minimum absolute atomic E-state index is 0.471. The maximum Gasteiger partial charge on any atom is 0.188 e. The number of nitrogens with zero attached hydrogens (tertiary/aromatic N) is 2. The Morgan fingerprint density at radius 1 is 1.50 bits per heavy atom. The Morgan fingerprint density at radius 2 is 2.29 bits per heavy atom. The molecule has 0 saturated carbocycles. The molecule has 0 aliphatic heterocycles.